The van der Waals surface area contributed by atoms with Crippen molar-refractivity contribution in [2.45, 2.75) is 25.9 Å². The van der Waals surface area contributed by atoms with Crippen molar-refractivity contribution in [3.8, 4) is 5.75 Å². The number of nitrogens with zero attached hydrogens (tertiary/aromatic N) is 2. The third-order valence-corrected chi connectivity index (χ3v) is 5.99. The first-order valence-corrected chi connectivity index (χ1v) is 10.7. The van der Waals surface area contributed by atoms with Crippen LogP contribution in [0.4, 0.5) is 0 Å². The minimum Gasteiger partial charge on any atom is -0.493 e. The van der Waals surface area contributed by atoms with Crippen LogP contribution < -0.4 is 10.1 Å². The van der Waals surface area contributed by atoms with E-state index in [1.54, 1.807) is 0 Å². The van der Waals surface area contributed by atoms with Gasteiger partial charge in [0.1, 0.15) is 5.75 Å². The van der Waals surface area contributed by atoms with Crippen molar-refractivity contribution in [1.29, 1.82) is 0 Å². The van der Waals surface area contributed by atoms with Crippen LogP contribution in [0, 0.1) is 0 Å². The summed E-state index contributed by atoms with van der Waals surface area (Å²) in [6, 6.07) is 14.1. The van der Waals surface area contributed by atoms with Crippen LogP contribution in [0.1, 0.15) is 29.7 Å². The monoisotopic (exact) mass is 413 g/mol. The van der Waals surface area contributed by atoms with Gasteiger partial charge in [0.05, 0.1) is 19.2 Å². The molecule has 0 unspecified atom stereocenters. The first-order chi connectivity index (χ1) is 14.1. The number of ether oxygens (including phenoxy) is 1. The number of amides is 1. The average molecular weight is 414 g/mol. The number of benzene rings is 2. The lowest BCUT2D eigenvalue weighted by Gasteiger charge is -2.34. The zero-order valence-corrected chi connectivity index (χ0v) is 17.6. The van der Waals surface area contributed by atoms with Crippen molar-refractivity contribution < 1.29 is 9.53 Å². The summed E-state index contributed by atoms with van der Waals surface area (Å²) in [6.07, 6.45) is 1.01. The quantitative estimate of drug-likeness (QED) is 0.789. The summed E-state index contributed by atoms with van der Waals surface area (Å²) in [5.41, 5.74) is 3.73. The number of hydrogen-bond donors (Lipinski definition) is 1. The van der Waals surface area contributed by atoms with Crippen molar-refractivity contribution in [2.75, 3.05) is 39.3 Å². The molecule has 0 radical (unpaired) electrons. The Labute approximate surface area is 177 Å². The summed E-state index contributed by atoms with van der Waals surface area (Å²) >= 11 is 5.93. The van der Waals surface area contributed by atoms with Crippen molar-refractivity contribution in [1.82, 2.24) is 15.1 Å². The molecular formula is C23H28ClN3O2. The zero-order valence-electron chi connectivity index (χ0n) is 16.9. The van der Waals surface area contributed by atoms with Gasteiger partial charge in [-0.2, -0.15) is 0 Å². The van der Waals surface area contributed by atoms with Crippen molar-refractivity contribution in [3.05, 3.63) is 64.2 Å². The number of rotatable bonds is 6. The molecule has 1 fully saturated rings. The highest BCUT2D eigenvalue weighted by molar-refractivity contribution is 6.30. The molecule has 1 atom stereocenters. The number of carbonyl (C=O) groups excluding carboxylic acids is 1. The van der Waals surface area contributed by atoms with Gasteiger partial charge in [-0.05, 0) is 41.8 Å². The molecule has 4 rings (SSSR count). The van der Waals surface area contributed by atoms with Gasteiger partial charge in [-0.15, -0.1) is 0 Å². The normalized spacial score (nSPS) is 18.1. The minimum atomic E-state index is -0.0233. The van der Waals surface area contributed by atoms with Crippen molar-refractivity contribution in [3.63, 3.8) is 0 Å². The molecule has 0 saturated carbocycles. The van der Waals surface area contributed by atoms with Crippen LogP contribution in [-0.2, 0) is 17.8 Å². The fourth-order valence-electron chi connectivity index (χ4n) is 4.03. The fraction of sp³-hybridized carbons (Fsp3) is 0.435. The van der Waals surface area contributed by atoms with Crippen LogP contribution >= 0.6 is 11.6 Å². The van der Waals surface area contributed by atoms with Gasteiger partial charge in [-0.25, -0.2) is 0 Å². The highest BCUT2D eigenvalue weighted by Crippen LogP contribution is 2.26. The highest BCUT2D eigenvalue weighted by Gasteiger charge is 2.21. The van der Waals surface area contributed by atoms with Crippen LogP contribution in [0.15, 0.2) is 42.5 Å². The first-order valence-electron chi connectivity index (χ1n) is 10.3. The Balaban J connectivity index is 1.21. The SMILES string of the molecule is C[C@H](NC(=O)CN1CCN(Cc2ccc3c(c2)CCO3)CC1)c1ccc(Cl)cc1. The van der Waals surface area contributed by atoms with Gasteiger partial charge in [-0.1, -0.05) is 35.9 Å². The van der Waals surface area contributed by atoms with E-state index in [1.807, 2.05) is 31.2 Å². The van der Waals surface area contributed by atoms with Crippen molar-refractivity contribution >= 4 is 17.5 Å². The van der Waals surface area contributed by atoms with E-state index in [-0.39, 0.29) is 11.9 Å². The van der Waals surface area contributed by atoms with E-state index in [1.165, 1.54) is 11.1 Å². The molecule has 2 aromatic rings. The smallest absolute Gasteiger partial charge is 0.234 e. The standard InChI is InChI=1S/C23H28ClN3O2/c1-17(19-3-5-21(24)6-4-19)25-23(28)16-27-11-9-26(10-12-27)15-18-2-7-22-20(14-18)8-13-29-22/h2-7,14,17H,8-13,15-16H2,1H3,(H,25,28)/t17-/m0/s1. The number of nitrogens with one attached hydrogen (secondary N) is 1. The number of carbonyl (C=O) groups is 1. The summed E-state index contributed by atoms with van der Waals surface area (Å²) in [6.45, 7) is 7.99. The molecule has 2 aliphatic heterocycles. The minimum absolute atomic E-state index is 0.0233. The van der Waals surface area contributed by atoms with E-state index < -0.39 is 0 Å². The summed E-state index contributed by atoms with van der Waals surface area (Å²) < 4.78 is 5.59. The molecule has 2 aliphatic rings. The zero-order chi connectivity index (χ0) is 20.2. The van der Waals surface area contributed by atoms with Crippen LogP contribution in [-0.4, -0.2) is 55.0 Å². The third kappa shape index (κ3) is 5.30. The molecule has 6 heteroatoms. The molecule has 0 aliphatic carbocycles. The molecular weight excluding hydrogens is 386 g/mol. The van der Waals surface area contributed by atoms with E-state index in [9.17, 15) is 4.79 Å². The number of piperazine rings is 1. The second kappa shape index (κ2) is 9.16. The molecule has 1 N–H and O–H groups in total. The Hall–Kier alpha value is -2.08. The summed E-state index contributed by atoms with van der Waals surface area (Å²) in [5, 5.41) is 3.80. The molecule has 154 valence electrons. The lowest BCUT2D eigenvalue weighted by atomic mass is 10.1. The van der Waals surface area contributed by atoms with E-state index in [4.69, 9.17) is 16.3 Å². The molecule has 2 heterocycles. The topological polar surface area (TPSA) is 44.8 Å². The lowest BCUT2D eigenvalue weighted by molar-refractivity contribution is -0.123. The van der Waals surface area contributed by atoms with Crippen LogP contribution in [0.3, 0.4) is 0 Å². The summed E-state index contributed by atoms with van der Waals surface area (Å²) in [4.78, 5) is 17.1. The van der Waals surface area contributed by atoms with Gasteiger partial charge in [0.2, 0.25) is 5.91 Å². The molecule has 29 heavy (non-hydrogen) atoms. The largest absolute Gasteiger partial charge is 0.493 e. The number of hydrogen-bond acceptors (Lipinski definition) is 4. The van der Waals surface area contributed by atoms with Crippen LogP contribution in [0.2, 0.25) is 5.02 Å². The number of halogens is 1. The molecule has 1 saturated heterocycles. The maximum atomic E-state index is 12.4. The van der Waals surface area contributed by atoms with Gasteiger partial charge < -0.3 is 10.1 Å². The Morgan fingerprint density at radius 1 is 1.10 bits per heavy atom. The second-order valence-corrected chi connectivity index (χ2v) is 8.37. The predicted octanol–water partition coefficient (Wildman–Crippen LogP) is 3.27. The first kappa shape index (κ1) is 20.2. The molecule has 5 nitrogen and oxygen atoms in total. The van der Waals surface area contributed by atoms with Crippen LogP contribution in [0.25, 0.3) is 0 Å². The van der Waals surface area contributed by atoms with E-state index in [0.717, 1.165) is 57.1 Å². The number of fused-ring (bicyclic) bond motifs is 1. The van der Waals surface area contributed by atoms with Gasteiger partial charge >= 0.3 is 0 Å². The van der Waals surface area contributed by atoms with Crippen molar-refractivity contribution in [2.24, 2.45) is 0 Å². The Bertz CT molecular complexity index is 848. The third-order valence-electron chi connectivity index (χ3n) is 5.74. The Morgan fingerprint density at radius 2 is 1.83 bits per heavy atom. The molecule has 0 aromatic heterocycles. The molecule has 0 spiro atoms. The Kier molecular flexibility index (Phi) is 6.38. The van der Waals surface area contributed by atoms with Gasteiger partial charge in [0, 0.05) is 44.2 Å². The molecule has 2 aromatic carbocycles. The highest BCUT2D eigenvalue weighted by atomic mass is 35.5. The molecule has 1 amide bonds. The fourth-order valence-corrected chi connectivity index (χ4v) is 4.15. The maximum absolute atomic E-state index is 12.4. The van der Waals surface area contributed by atoms with E-state index in [2.05, 4.69) is 33.3 Å². The lowest BCUT2D eigenvalue weighted by Crippen LogP contribution is -2.49. The van der Waals surface area contributed by atoms with Gasteiger partial charge in [-0.3, -0.25) is 14.6 Å². The van der Waals surface area contributed by atoms with E-state index >= 15 is 0 Å². The predicted molar refractivity (Wildman–Crippen MR) is 115 cm³/mol. The van der Waals surface area contributed by atoms with Gasteiger partial charge in [0.15, 0.2) is 0 Å². The van der Waals surface area contributed by atoms with Gasteiger partial charge in [0.25, 0.3) is 0 Å². The average Bonchev–Trinajstić information content (AvgIpc) is 3.18. The van der Waals surface area contributed by atoms with E-state index in [0.29, 0.717) is 11.6 Å². The molecule has 0 bridgehead atoms. The van der Waals surface area contributed by atoms with Crippen LogP contribution in [0.5, 0.6) is 5.75 Å². The second-order valence-electron chi connectivity index (χ2n) is 7.93. The Morgan fingerprint density at radius 3 is 2.59 bits per heavy atom. The maximum Gasteiger partial charge on any atom is 0.234 e. The summed E-state index contributed by atoms with van der Waals surface area (Å²) in [7, 11) is 0. The summed E-state index contributed by atoms with van der Waals surface area (Å²) in [5.74, 6) is 1.11.